The van der Waals surface area contributed by atoms with E-state index in [1.54, 1.807) is 19.4 Å². The molecule has 8 nitrogen and oxygen atoms in total. The van der Waals surface area contributed by atoms with E-state index in [-0.39, 0.29) is 5.56 Å². The Bertz CT molecular complexity index is 1490. The lowest BCUT2D eigenvalue weighted by molar-refractivity contribution is 0.122. The number of pyridine rings is 2. The van der Waals surface area contributed by atoms with Gasteiger partial charge >= 0.3 is 0 Å². The van der Waals surface area contributed by atoms with E-state index in [0.717, 1.165) is 70.3 Å². The van der Waals surface area contributed by atoms with Crippen LogP contribution in [0.4, 0.5) is 11.4 Å². The summed E-state index contributed by atoms with van der Waals surface area (Å²) in [6.07, 6.45) is 2.45. The third-order valence-electron chi connectivity index (χ3n) is 6.77. The molecule has 0 amide bonds. The predicted octanol–water partition coefficient (Wildman–Crippen LogP) is 4.59. The first-order valence-corrected chi connectivity index (χ1v) is 12.4. The fourth-order valence-electron chi connectivity index (χ4n) is 4.92. The van der Waals surface area contributed by atoms with Crippen LogP contribution in [0.25, 0.3) is 11.3 Å². The number of para-hydroxylation sites is 1. The molecule has 8 heteroatoms. The van der Waals surface area contributed by atoms with Crippen molar-refractivity contribution in [2.45, 2.75) is 13.0 Å². The molecule has 6 rings (SSSR count). The lowest BCUT2D eigenvalue weighted by atomic mass is 9.96. The van der Waals surface area contributed by atoms with Gasteiger partial charge in [-0.15, -0.1) is 0 Å². The summed E-state index contributed by atoms with van der Waals surface area (Å²) in [5.41, 5.74) is 6.56. The lowest BCUT2D eigenvalue weighted by Crippen LogP contribution is -2.36. The molecule has 37 heavy (non-hydrogen) atoms. The summed E-state index contributed by atoms with van der Waals surface area (Å²) >= 11 is 0. The maximum atomic E-state index is 12.6. The van der Waals surface area contributed by atoms with Crippen molar-refractivity contribution in [2.24, 2.45) is 0 Å². The molecule has 1 saturated heterocycles. The first-order valence-electron chi connectivity index (χ1n) is 12.4. The third kappa shape index (κ3) is 4.75. The first kappa shape index (κ1) is 23.1. The zero-order valence-electron chi connectivity index (χ0n) is 20.6. The Balaban J connectivity index is 1.26. The summed E-state index contributed by atoms with van der Waals surface area (Å²) in [4.78, 5) is 22.0. The fraction of sp³-hybridized carbons (Fsp3) is 0.241. The number of methoxy groups -OCH3 is 1. The van der Waals surface area contributed by atoms with Crippen molar-refractivity contribution in [3.05, 3.63) is 93.9 Å². The molecule has 0 unspecified atom stereocenters. The summed E-state index contributed by atoms with van der Waals surface area (Å²) < 4.78 is 17.3. The van der Waals surface area contributed by atoms with E-state index in [9.17, 15) is 4.79 Å². The van der Waals surface area contributed by atoms with Crippen molar-refractivity contribution >= 4 is 11.4 Å². The highest BCUT2D eigenvalue weighted by atomic mass is 16.5. The van der Waals surface area contributed by atoms with Gasteiger partial charge in [0.2, 0.25) is 11.4 Å². The van der Waals surface area contributed by atoms with Gasteiger partial charge in [-0.3, -0.25) is 4.79 Å². The van der Waals surface area contributed by atoms with Gasteiger partial charge in [0, 0.05) is 66.4 Å². The van der Waals surface area contributed by atoms with Crippen LogP contribution in [0.5, 0.6) is 17.4 Å². The van der Waals surface area contributed by atoms with Crippen molar-refractivity contribution in [3.63, 3.8) is 0 Å². The van der Waals surface area contributed by atoms with Gasteiger partial charge in [0.1, 0.15) is 11.5 Å². The Morgan fingerprint density at radius 2 is 1.95 bits per heavy atom. The quantitative estimate of drug-likeness (QED) is 0.355. The average Bonchev–Trinajstić information content (AvgIpc) is 2.95. The number of nitrogens with one attached hydrogen (secondary N) is 2. The molecule has 2 aromatic heterocycles. The highest BCUT2D eigenvalue weighted by Gasteiger charge is 2.22. The standard InChI is InChI=1S/C29H28N4O4/c1-35-29-20(5-3-9-30-29)18-31-22-7-8-26-21(15-22)14-19-4-2-6-24(28(19)37-26)25-16-23(17-27(34)32-25)33-10-12-36-13-11-33/h2-9,15-17,31H,10-14,18H2,1H3,(H,32,34). The summed E-state index contributed by atoms with van der Waals surface area (Å²) in [6.45, 7) is 3.46. The van der Waals surface area contributed by atoms with Crippen molar-refractivity contribution in [2.75, 3.05) is 43.6 Å². The Labute approximate surface area is 214 Å². The Kier molecular flexibility index (Phi) is 6.24. The van der Waals surface area contributed by atoms with Crippen LogP contribution < -0.4 is 25.2 Å². The molecule has 2 aromatic carbocycles. The van der Waals surface area contributed by atoms with Gasteiger partial charge in [-0.1, -0.05) is 18.2 Å². The van der Waals surface area contributed by atoms with Gasteiger partial charge in [0.25, 0.3) is 0 Å². The SMILES string of the molecule is COc1ncccc1CNc1ccc2c(c1)Cc1cccc(-c3cc(N4CCOCC4)cc(=O)[nH]3)c1O2. The molecule has 0 atom stereocenters. The van der Waals surface area contributed by atoms with Crippen LogP contribution in [0, 0.1) is 0 Å². The second-order valence-electron chi connectivity index (χ2n) is 9.14. The van der Waals surface area contributed by atoms with Crippen molar-refractivity contribution in [1.82, 2.24) is 9.97 Å². The number of hydrogen-bond acceptors (Lipinski definition) is 7. The van der Waals surface area contributed by atoms with Crippen LogP contribution in [0.3, 0.4) is 0 Å². The molecule has 4 heterocycles. The Morgan fingerprint density at radius 1 is 1.05 bits per heavy atom. The van der Waals surface area contributed by atoms with Gasteiger partial charge in [0.15, 0.2) is 0 Å². The van der Waals surface area contributed by atoms with Crippen LogP contribution >= 0.6 is 0 Å². The van der Waals surface area contributed by atoms with Crippen molar-refractivity contribution in [3.8, 4) is 28.6 Å². The summed E-state index contributed by atoms with van der Waals surface area (Å²) in [5, 5.41) is 3.46. The van der Waals surface area contributed by atoms with E-state index in [0.29, 0.717) is 25.6 Å². The number of ether oxygens (including phenoxy) is 3. The smallest absolute Gasteiger partial charge is 0.250 e. The number of anilines is 2. The van der Waals surface area contributed by atoms with Crippen LogP contribution in [-0.2, 0) is 17.7 Å². The number of rotatable bonds is 6. The van der Waals surface area contributed by atoms with E-state index < -0.39 is 0 Å². The zero-order chi connectivity index (χ0) is 25.2. The highest BCUT2D eigenvalue weighted by molar-refractivity contribution is 5.74. The van der Waals surface area contributed by atoms with Gasteiger partial charge in [-0.05, 0) is 42.0 Å². The third-order valence-corrected chi connectivity index (χ3v) is 6.77. The molecule has 0 spiro atoms. The topological polar surface area (TPSA) is 88.7 Å². The lowest BCUT2D eigenvalue weighted by Gasteiger charge is -2.29. The molecular formula is C29H28N4O4. The summed E-state index contributed by atoms with van der Waals surface area (Å²) in [5.74, 6) is 2.22. The number of aromatic amines is 1. The van der Waals surface area contributed by atoms with E-state index in [2.05, 4.69) is 32.3 Å². The van der Waals surface area contributed by atoms with Crippen LogP contribution in [-0.4, -0.2) is 43.4 Å². The molecule has 0 radical (unpaired) electrons. The second kappa shape index (κ2) is 9.99. The van der Waals surface area contributed by atoms with E-state index in [1.807, 2.05) is 42.5 Å². The molecule has 0 saturated carbocycles. The molecular weight excluding hydrogens is 468 g/mol. The van der Waals surface area contributed by atoms with E-state index >= 15 is 0 Å². The second-order valence-corrected chi connectivity index (χ2v) is 9.14. The minimum atomic E-state index is -0.131. The first-order chi connectivity index (χ1) is 18.2. The predicted molar refractivity (Wildman–Crippen MR) is 143 cm³/mol. The number of aromatic nitrogens is 2. The fourth-order valence-corrected chi connectivity index (χ4v) is 4.92. The monoisotopic (exact) mass is 496 g/mol. The Morgan fingerprint density at radius 3 is 2.81 bits per heavy atom. The Hall–Kier alpha value is -4.30. The van der Waals surface area contributed by atoms with Gasteiger partial charge in [0.05, 0.1) is 26.0 Å². The number of H-pyrrole nitrogens is 1. The maximum Gasteiger partial charge on any atom is 0.250 e. The highest BCUT2D eigenvalue weighted by Crippen LogP contribution is 2.43. The molecule has 4 aromatic rings. The average molecular weight is 497 g/mol. The van der Waals surface area contributed by atoms with Crippen molar-refractivity contribution in [1.29, 1.82) is 0 Å². The summed E-state index contributed by atoms with van der Waals surface area (Å²) in [7, 11) is 1.63. The van der Waals surface area contributed by atoms with Crippen molar-refractivity contribution < 1.29 is 14.2 Å². The maximum absolute atomic E-state index is 12.6. The number of nitrogens with zero attached hydrogens (tertiary/aromatic N) is 2. The van der Waals surface area contributed by atoms with Crippen LogP contribution in [0.15, 0.2) is 71.7 Å². The number of fused-ring (bicyclic) bond motifs is 2. The number of morpholine rings is 1. The zero-order valence-corrected chi connectivity index (χ0v) is 20.6. The molecule has 1 fully saturated rings. The largest absolute Gasteiger partial charge is 0.481 e. The number of hydrogen-bond donors (Lipinski definition) is 2. The van der Waals surface area contributed by atoms with Crippen LogP contribution in [0.1, 0.15) is 16.7 Å². The molecule has 2 aliphatic rings. The molecule has 0 bridgehead atoms. The van der Waals surface area contributed by atoms with Gasteiger partial charge in [-0.2, -0.15) is 0 Å². The minimum absolute atomic E-state index is 0.131. The van der Waals surface area contributed by atoms with Gasteiger partial charge in [-0.25, -0.2) is 4.98 Å². The minimum Gasteiger partial charge on any atom is -0.481 e. The number of benzene rings is 2. The molecule has 2 aliphatic heterocycles. The van der Waals surface area contributed by atoms with E-state index in [1.165, 1.54) is 0 Å². The molecule has 188 valence electrons. The van der Waals surface area contributed by atoms with Gasteiger partial charge < -0.3 is 29.4 Å². The molecule has 0 aliphatic carbocycles. The summed E-state index contributed by atoms with van der Waals surface area (Å²) in [6, 6.07) is 19.8. The van der Waals surface area contributed by atoms with E-state index in [4.69, 9.17) is 14.2 Å². The normalized spacial score (nSPS) is 14.4. The van der Waals surface area contributed by atoms with Crippen LogP contribution in [0.2, 0.25) is 0 Å². The molecule has 2 N–H and O–H groups in total.